The predicted molar refractivity (Wildman–Crippen MR) is 95.2 cm³/mol. The van der Waals surface area contributed by atoms with E-state index < -0.39 is 0 Å². The molecule has 0 bridgehead atoms. The van der Waals surface area contributed by atoms with Gasteiger partial charge in [0.1, 0.15) is 0 Å². The van der Waals surface area contributed by atoms with E-state index in [1.807, 2.05) is 0 Å². The van der Waals surface area contributed by atoms with E-state index in [0.717, 1.165) is 19.5 Å². The van der Waals surface area contributed by atoms with E-state index in [4.69, 9.17) is 0 Å². The summed E-state index contributed by atoms with van der Waals surface area (Å²) in [6.07, 6.45) is 4.83. The first-order chi connectivity index (χ1) is 10.2. The summed E-state index contributed by atoms with van der Waals surface area (Å²) in [6, 6.07) is 10.0. The van der Waals surface area contributed by atoms with Gasteiger partial charge in [-0.05, 0) is 44.4 Å². The lowest BCUT2D eigenvalue weighted by Crippen LogP contribution is -2.35. The van der Waals surface area contributed by atoms with Crippen molar-refractivity contribution >= 4 is 5.69 Å². The Balaban J connectivity index is 3.11. The first-order valence-electron chi connectivity index (χ1n) is 8.78. The van der Waals surface area contributed by atoms with Crippen LogP contribution < -0.4 is 10.2 Å². The van der Waals surface area contributed by atoms with Gasteiger partial charge >= 0.3 is 0 Å². The van der Waals surface area contributed by atoms with Gasteiger partial charge in [0.15, 0.2) is 0 Å². The smallest absolute Gasteiger partial charge is 0.0417 e. The van der Waals surface area contributed by atoms with E-state index in [1.165, 1.54) is 30.5 Å². The highest BCUT2D eigenvalue weighted by molar-refractivity contribution is 5.55. The van der Waals surface area contributed by atoms with Gasteiger partial charge < -0.3 is 10.2 Å². The zero-order chi connectivity index (χ0) is 15.7. The number of nitrogens with one attached hydrogen (secondary N) is 1. The number of hydrogen-bond donors (Lipinski definition) is 1. The molecule has 2 unspecified atom stereocenters. The molecule has 1 rings (SSSR count). The van der Waals surface area contributed by atoms with Gasteiger partial charge in [-0.15, -0.1) is 0 Å². The molecule has 0 aliphatic rings. The van der Waals surface area contributed by atoms with Gasteiger partial charge in [-0.2, -0.15) is 0 Å². The molecule has 2 atom stereocenters. The maximum atomic E-state index is 3.63. The molecule has 0 saturated heterocycles. The molecule has 120 valence electrons. The van der Waals surface area contributed by atoms with Crippen LogP contribution in [-0.2, 0) is 0 Å². The SMILES string of the molecule is CCCCN(c1ccccc1C(CC)NCC)C(C)CC. The van der Waals surface area contributed by atoms with Gasteiger partial charge in [-0.25, -0.2) is 0 Å². The summed E-state index contributed by atoms with van der Waals surface area (Å²) in [7, 11) is 0. The largest absolute Gasteiger partial charge is 0.369 e. The molecule has 1 aromatic rings. The highest BCUT2D eigenvalue weighted by atomic mass is 15.2. The fraction of sp³-hybridized carbons (Fsp3) is 0.684. The lowest BCUT2D eigenvalue weighted by molar-refractivity contribution is 0.529. The molecule has 0 aromatic heterocycles. The monoisotopic (exact) mass is 290 g/mol. The second-order valence-corrected chi connectivity index (χ2v) is 5.88. The van der Waals surface area contributed by atoms with Crippen molar-refractivity contribution in [3.8, 4) is 0 Å². The average Bonchev–Trinajstić information content (AvgIpc) is 2.53. The van der Waals surface area contributed by atoms with E-state index >= 15 is 0 Å². The molecule has 0 radical (unpaired) electrons. The number of nitrogens with zero attached hydrogens (tertiary/aromatic N) is 1. The molecule has 21 heavy (non-hydrogen) atoms. The van der Waals surface area contributed by atoms with E-state index in [0.29, 0.717) is 12.1 Å². The number of unbranched alkanes of at least 4 members (excludes halogenated alkanes) is 1. The summed E-state index contributed by atoms with van der Waals surface area (Å²) in [4.78, 5) is 2.61. The van der Waals surface area contributed by atoms with Crippen LogP contribution in [-0.4, -0.2) is 19.1 Å². The van der Waals surface area contributed by atoms with Crippen LogP contribution in [0.2, 0.25) is 0 Å². The minimum atomic E-state index is 0.458. The van der Waals surface area contributed by atoms with Crippen molar-refractivity contribution in [1.82, 2.24) is 5.32 Å². The molecule has 0 heterocycles. The van der Waals surface area contributed by atoms with Gasteiger partial charge in [-0.3, -0.25) is 0 Å². The second-order valence-electron chi connectivity index (χ2n) is 5.88. The van der Waals surface area contributed by atoms with Gasteiger partial charge in [-0.1, -0.05) is 52.3 Å². The summed E-state index contributed by atoms with van der Waals surface area (Å²) >= 11 is 0. The lowest BCUT2D eigenvalue weighted by Gasteiger charge is -2.34. The van der Waals surface area contributed by atoms with E-state index in [9.17, 15) is 0 Å². The second kappa shape index (κ2) is 9.83. The van der Waals surface area contributed by atoms with Crippen molar-refractivity contribution in [2.24, 2.45) is 0 Å². The number of rotatable bonds is 10. The highest BCUT2D eigenvalue weighted by Gasteiger charge is 2.19. The molecular weight excluding hydrogens is 256 g/mol. The standard InChI is InChI=1S/C19H34N2/c1-6-10-15-21(16(5)7-2)19-14-12-11-13-17(19)18(8-3)20-9-4/h11-14,16,18,20H,6-10,15H2,1-5H3. The molecule has 0 spiro atoms. The van der Waals surface area contributed by atoms with Crippen LogP contribution in [0.3, 0.4) is 0 Å². The fourth-order valence-corrected chi connectivity index (χ4v) is 2.89. The number of para-hydroxylation sites is 1. The topological polar surface area (TPSA) is 15.3 Å². The van der Waals surface area contributed by atoms with Gasteiger partial charge in [0.25, 0.3) is 0 Å². The molecule has 0 fully saturated rings. The van der Waals surface area contributed by atoms with E-state index in [-0.39, 0.29) is 0 Å². The zero-order valence-electron chi connectivity index (χ0n) is 14.7. The van der Waals surface area contributed by atoms with Crippen LogP contribution >= 0.6 is 0 Å². The summed E-state index contributed by atoms with van der Waals surface area (Å²) in [5.74, 6) is 0. The third-order valence-corrected chi connectivity index (χ3v) is 4.36. The Bertz CT molecular complexity index is 389. The van der Waals surface area contributed by atoms with E-state index in [1.54, 1.807) is 0 Å². The maximum Gasteiger partial charge on any atom is 0.0417 e. The van der Waals surface area contributed by atoms with Gasteiger partial charge in [0.05, 0.1) is 0 Å². The number of hydrogen-bond acceptors (Lipinski definition) is 2. The normalized spacial score (nSPS) is 14.0. The highest BCUT2D eigenvalue weighted by Crippen LogP contribution is 2.30. The first-order valence-corrected chi connectivity index (χ1v) is 8.78. The number of anilines is 1. The maximum absolute atomic E-state index is 3.63. The quantitative estimate of drug-likeness (QED) is 0.641. The molecule has 1 aromatic carbocycles. The Morgan fingerprint density at radius 3 is 2.33 bits per heavy atom. The Morgan fingerprint density at radius 2 is 1.76 bits per heavy atom. The molecule has 0 aliphatic carbocycles. The van der Waals surface area contributed by atoms with Crippen molar-refractivity contribution < 1.29 is 0 Å². The average molecular weight is 290 g/mol. The first kappa shape index (κ1) is 18.0. The molecule has 1 N–H and O–H groups in total. The molecule has 2 nitrogen and oxygen atoms in total. The van der Waals surface area contributed by atoms with Crippen molar-refractivity contribution in [2.45, 2.75) is 72.4 Å². The Hall–Kier alpha value is -1.02. The molecule has 2 heteroatoms. The van der Waals surface area contributed by atoms with Crippen molar-refractivity contribution in [3.05, 3.63) is 29.8 Å². The third kappa shape index (κ3) is 5.03. The van der Waals surface area contributed by atoms with Crippen LogP contribution in [0.5, 0.6) is 0 Å². The Morgan fingerprint density at radius 1 is 1.05 bits per heavy atom. The minimum absolute atomic E-state index is 0.458. The van der Waals surface area contributed by atoms with Crippen LogP contribution in [0.25, 0.3) is 0 Å². The molecule has 0 saturated carbocycles. The summed E-state index contributed by atoms with van der Waals surface area (Å²) in [5.41, 5.74) is 2.88. The van der Waals surface area contributed by atoms with Gasteiger partial charge in [0.2, 0.25) is 0 Å². The molecule has 0 aliphatic heterocycles. The lowest BCUT2D eigenvalue weighted by atomic mass is 10.00. The summed E-state index contributed by atoms with van der Waals surface area (Å²) in [5, 5.41) is 3.63. The molecular formula is C19H34N2. The van der Waals surface area contributed by atoms with Crippen LogP contribution in [0.1, 0.15) is 71.9 Å². The zero-order valence-corrected chi connectivity index (χ0v) is 14.7. The van der Waals surface area contributed by atoms with Crippen LogP contribution in [0.4, 0.5) is 5.69 Å². The van der Waals surface area contributed by atoms with E-state index in [2.05, 4.69) is 69.1 Å². The Labute approximate surface area is 131 Å². The third-order valence-electron chi connectivity index (χ3n) is 4.36. The number of benzene rings is 1. The fourth-order valence-electron chi connectivity index (χ4n) is 2.89. The Kier molecular flexibility index (Phi) is 8.44. The van der Waals surface area contributed by atoms with Crippen molar-refractivity contribution in [1.29, 1.82) is 0 Å². The summed E-state index contributed by atoms with van der Waals surface area (Å²) in [6.45, 7) is 13.5. The molecule has 0 amide bonds. The van der Waals surface area contributed by atoms with Crippen molar-refractivity contribution in [2.75, 3.05) is 18.0 Å². The predicted octanol–water partition coefficient (Wildman–Crippen LogP) is 5.15. The summed E-state index contributed by atoms with van der Waals surface area (Å²) < 4.78 is 0. The van der Waals surface area contributed by atoms with Crippen LogP contribution in [0.15, 0.2) is 24.3 Å². The minimum Gasteiger partial charge on any atom is -0.369 e. The van der Waals surface area contributed by atoms with Gasteiger partial charge in [0, 0.05) is 24.3 Å². The van der Waals surface area contributed by atoms with Crippen molar-refractivity contribution in [3.63, 3.8) is 0 Å². The van der Waals surface area contributed by atoms with Crippen LogP contribution in [0, 0.1) is 0 Å².